The molecule has 0 unspecified atom stereocenters. The third kappa shape index (κ3) is 9.19. The summed E-state index contributed by atoms with van der Waals surface area (Å²) < 4.78 is 5.82. The zero-order valence-electron chi connectivity index (χ0n) is 25.3. The minimum Gasteiger partial charge on any atom is -0.492 e. The highest BCUT2D eigenvalue weighted by atomic mass is 35.5. The van der Waals surface area contributed by atoms with Crippen molar-refractivity contribution < 1.29 is 14.6 Å². The van der Waals surface area contributed by atoms with Crippen LogP contribution in [0.5, 0.6) is 5.75 Å². The molecule has 0 amide bonds. The average molecular weight is 676 g/mol. The van der Waals surface area contributed by atoms with E-state index >= 15 is 0 Å². The predicted molar refractivity (Wildman–Crippen MR) is 183 cm³/mol. The van der Waals surface area contributed by atoms with Gasteiger partial charge in [-0.1, -0.05) is 54.6 Å². The molecular weight excluding hydrogens is 642 g/mol. The Kier molecular flexibility index (Phi) is 13.2. The summed E-state index contributed by atoms with van der Waals surface area (Å²) in [5, 5.41) is 40.1. The van der Waals surface area contributed by atoms with Crippen molar-refractivity contribution in [2.75, 3.05) is 31.6 Å². The lowest BCUT2D eigenvalue weighted by Crippen LogP contribution is -2.39. The van der Waals surface area contributed by atoms with E-state index in [0.29, 0.717) is 82.1 Å². The molecule has 2 heterocycles. The van der Waals surface area contributed by atoms with E-state index in [1.165, 1.54) is 23.1 Å². The summed E-state index contributed by atoms with van der Waals surface area (Å²) in [6, 6.07) is 18.5. The van der Waals surface area contributed by atoms with Crippen molar-refractivity contribution >= 4 is 46.5 Å². The Morgan fingerprint density at radius 1 is 1.09 bits per heavy atom. The van der Waals surface area contributed by atoms with E-state index in [0.717, 1.165) is 22.7 Å². The number of nitrogens with zero attached hydrogens (tertiary/aromatic N) is 4. The molecule has 0 aliphatic rings. The van der Waals surface area contributed by atoms with Crippen molar-refractivity contribution in [3.8, 4) is 39.6 Å². The number of pyridine rings is 1. The number of thiazole rings is 1. The summed E-state index contributed by atoms with van der Waals surface area (Å²) in [6.07, 6.45) is 1.89. The summed E-state index contributed by atoms with van der Waals surface area (Å²) in [7, 11) is 0. The van der Waals surface area contributed by atoms with Crippen LogP contribution in [0.25, 0.3) is 21.7 Å². The lowest BCUT2D eigenvalue weighted by atomic mass is 9.96. The van der Waals surface area contributed by atoms with Crippen LogP contribution < -0.4 is 21.1 Å². The number of rotatable bonds is 17. The maximum absolute atomic E-state index is 11.4. The highest BCUT2D eigenvalue weighted by molar-refractivity contribution is 7.98. The molecule has 4 aromatic rings. The second kappa shape index (κ2) is 17.5. The Morgan fingerprint density at radius 3 is 2.46 bits per heavy atom. The molecular formula is C33H34ClN7O3S2. The molecule has 0 aliphatic carbocycles. The fourth-order valence-electron chi connectivity index (χ4n) is 4.54. The van der Waals surface area contributed by atoms with Gasteiger partial charge in [0, 0.05) is 40.4 Å². The zero-order valence-corrected chi connectivity index (χ0v) is 27.6. The number of hydrogen-bond acceptors (Lipinski definition) is 11. The van der Waals surface area contributed by atoms with Crippen molar-refractivity contribution in [3.05, 3.63) is 75.8 Å². The van der Waals surface area contributed by atoms with Crippen LogP contribution in [-0.2, 0) is 10.5 Å². The standard InChI is InChI=1S/C33H34ClN7O3S2/c1-2-14-39-30-26(17-36)29(21-7-11-25(12-8-21)44-16-15-38-28(33(42)43)4-3-13-35)27(18-37)32(41-30)46-20-24-19-45-31(40-24)22-5-9-23(34)10-6-22/h5-12,19,28,38H,2-4,13-16,20,35H2,1H3,(H,39,41)(H,42,43)/t28-/m0/s1. The number of carboxylic acids is 1. The molecule has 4 rings (SSSR count). The van der Waals surface area contributed by atoms with Crippen LogP contribution in [0.1, 0.15) is 43.0 Å². The van der Waals surface area contributed by atoms with E-state index in [2.05, 4.69) is 22.8 Å². The third-order valence-corrected chi connectivity index (χ3v) is 9.03. The third-order valence-electron chi connectivity index (χ3n) is 6.83. The van der Waals surface area contributed by atoms with Gasteiger partial charge in [-0.3, -0.25) is 4.79 Å². The van der Waals surface area contributed by atoms with Crippen molar-refractivity contribution in [2.45, 2.75) is 43.0 Å². The second-order valence-electron chi connectivity index (χ2n) is 10.1. The van der Waals surface area contributed by atoms with Crippen LogP contribution in [0.2, 0.25) is 5.02 Å². The summed E-state index contributed by atoms with van der Waals surface area (Å²) in [6.45, 7) is 3.68. The fourth-order valence-corrected chi connectivity index (χ4v) is 6.47. The normalized spacial score (nSPS) is 11.4. The molecule has 5 N–H and O–H groups in total. The van der Waals surface area contributed by atoms with Gasteiger partial charge >= 0.3 is 5.97 Å². The van der Waals surface area contributed by atoms with E-state index in [9.17, 15) is 20.4 Å². The van der Waals surface area contributed by atoms with Crippen LogP contribution in [0.4, 0.5) is 5.82 Å². The van der Waals surface area contributed by atoms with E-state index < -0.39 is 12.0 Å². The van der Waals surface area contributed by atoms with Crippen LogP contribution in [0, 0.1) is 22.7 Å². The van der Waals surface area contributed by atoms with Gasteiger partial charge < -0.3 is 26.2 Å². The minimum absolute atomic E-state index is 0.260. The highest BCUT2D eigenvalue weighted by Gasteiger charge is 2.22. The molecule has 2 aromatic carbocycles. The number of aliphatic carboxylic acids is 1. The molecule has 46 heavy (non-hydrogen) atoms. The monoisotopic (exact) mass is 675 g/mol. The van der Waals surface area contributed by atoms with Gasteiger partial charge in [0.1, 0.15) is 52.0 Å². The maximum atomic E-state index is 11.4. The summed E-state index contributed by atoms with van der Waals surface area (Å²) in [5.74, 6) is 0.566. The minimum atomic E-state index is -0.920. The number of ether oxygens (including phenoxy) is 1. The molecule has 13 heteroatoms. The SMILES string of the molecule is CCCNc1nc(SCc2csc(-c3ccc(Cl)cc3)n2)c(C#N)c(-c2ccc(OCCN[C@@H](CCCN)C(=O)O)cc2)c1C#N. The Bertz CT molecular complexity index is 1700. The number of aromatic nitrogens is 2. The topological polar surface area (TPSA) is 170 Å². The quantitative estimate of drug-likeness (QED) is 0.0707. The van der Waals surface area contributed by atoms with Gasteiger partial charge in [-0.2, -0.15) is 10.5 Å². The molecule has 0 saturated carbocycles. The molecule has 0 bridgehead atoms. The second-order valence-corrected chi connectivity index (χ2v) is 12.4. The Labute approximate surface area is 281 Å². The number of benzene rings is 2. The van der Waals surface area contributed by atoms with Crippen molar-refractivity contribution in [1.29, 1.82) is 10.5 Å². The van der Waals surface area contributed by atoms with Gasteiger partial charge in [-0.05, 0) is 55.6 Å². The van der Waals surface area contributed by atoms with Crippen molar-refractivity contribution in [1.82, 2.24) is 15.3 Å². The molecule has 0 radical (unpaired) electrons. The van der Waals surface area contributed by atoms with Crippen LogP contribution >= 0.6 is 34.7 Å². The lowest BCUT2D eigenvalue weighted by Gasteiger charge is -2.16. The number of anilines is 1. The highest BCUT2D eigenvalue weighted by Crippen LogP contribution is 2.38. The number of nitrogens with one attached hydrogen (secondary N) is 2. The van der Waals surface area contributed by atoms with Crippen molar-refractivity contribution in [2.24, 2.45) is 5.73 Å². The molecule has 2 aromatic heterocycles. The largest absolute Gasteiger partial charge is 0.492 e. The number of nitrogens with two attached hydrogens (primary N) is 1. The summed E-state index contributed by atoms with van der Waals surface area (Å²) >= 11 is 8.96. The number of hydrogen-bond donors (Lipinski definition) is 4. The van der Waals surface area contributed by atoms with E-state index in [-0.39, 0.29) is 6.61 Å². The molecule has 0 aliphatic heterocycles. The Hall–Kier alpha value is -4.17. The van der Waals surface area contributed by atoms with E-state index in [1.807, 2.05) is 36.6 Å². The lowest BCUT2D eigenvalue weighted by molar-refractivity contribution is -0.139. The predicted octanol–water partition coefficient (Wildman–Crippen LogP) is 6.54. The van der Waals surface area contributed by atoms with Gasteiger partial charge in [0.25, 0.3) is 0 Å². The first-order valence-electron chi connectivity index (χ1n) is 14.7. The Morgan fingerprint density at radius 2 is 1.80 bits per heavy atom. The zero-order chi connectivity index (χ0) is 32.9. The summed E-state index contributed by atoms with van der Waals surface area (Å²) in [5.41, 5.74) is 9.11. The first kappa shape index (κ1) is 34.7. The first-order valence-corrected chi connectivity index (χ1v) is 17.0. The number of nitriles is 2. The van der Waals surface area contributed by atoms with Gasteiger partial charge in [0.2, 0.25) is 0 Å². The van der Waals surface area contributed by atoms with Gasteiger partial charge in [0.15, 0.2) is 0 Å². The molecule has 0 fully saturated rings. The van der Waals surface area contributed by atoms with Crippen molar-refractivity contribution in [3.63, 3.8) is 0 Å². The van der Waals surface area contributed by atoms with Gasteiger partial charge in [-0.15, -0.1) is 11.3 Å². The molecule has 0 spiro atoms. The van der Waals surface area contributed by atoms with E-state index in [1.54, 1.807) is 24.3 Å². The van der Waals surface area contributed by atoms with Crippen LogP contribution in [0.3, 0.4) is 0 Å². The van der Waals surface area contributed by atoms with E-state index in [4.69, 9.17) is 32.0 Å². The number of thioether (sulfide) groups is 1. The number of halogens is 1. The average Bonchev–Trinajstić information content (AvgIpc) is 3.55. The molecule has 10 nitrogen and oxygen atoms in total. The first-order chi connectivity index (χ1) is 22.4. The number of carbonyl (C=O) groups is 1. The number of carboxylic acid groups (broad SMARTS) is 1. The summed E-state index contributed by atoms with van der Waals surface area (Å²) in [4.78, 5) is 20.9. The molecule has 238 valence electrons. The Balaban J connectivity index is 1.54. The molecule has 1 atom stereocenters. The van der Waals surface area contributed by atoms with Gasteiger partial charge in [-0.25, -0.2) is 9.97 Å². The molecule has 0 saturated heterocycles. The fraction of sp³-hybridized carbons (Fsp3) is 0.303. The smallest absolute Gasteiger partial charge is 0.320 e. The van der Waals surface area contributed by atoms with Crippen LogP contribution in [0.15, 0.2) is 58.9 Å². The van der Waals surface area contributed by atoms with Crippen LogP contribution in [-0.4, -0.2) is 53.3 Å². The van der Waals surface area contributed by atoms with Gasteiger partial charge in [0.05, 0.1) is 11.3 Å². The maximum Gasteiger partial charge on any atom is 0.320 e.